The first-order valence-electron chi connectivity index (χ1n) is 9.04. The molecule has 0 saturated heterocycles. The van der Waals surface area contributed by atoms with E-state index in [1.807, 2.05) is 12.1 Å². The van der Waals surface area contributed by atoms with Crippen molar-refractivity contribution in [3.8, 4) is 11.5 Å². The number of halogens is 1. The third-order valence-corrected chi connectivity index (χ3v) is 4.89. The van der Waals surface area contributed by atoms with Gasteiger partial charge in [0.25, 0.3) is 0 Å². The lowest BCUT2D eigenvalue weighted by Gasteiger charge is -2.25. The van der Waals surface area contributed by atoms with E-state index < -0.39 is 5.97 Å². The first kappa shape index (κ1) is 18.9. The van der Waals surface area contributed by atoms with E-state index in [4.69, 9.17) is 9.84 Å². The van der Waals surface area contributed by atoms with Crippen molar-refractivity contribution in [1.82, 2.24) is 5.32 Å². The largest absolute Gasteiger partial charge is 0.481 e. The highest BCUT2D eigenvalue weighted by Gasteiger charge is 2.29. The van der Waals surface area contributed by atoms with E-state index in [0.717, 1.165) is 5.56 Å². The van der Waals surface area contributed by atoms with Gasteiger partial charge in [0.05, 0.1) is 5.92 Å². The maximum Gasteiger partial charge on any atom is 0.306 e. The Morgan fingerprint density at radius 1 is 0.926 bits per heavy atom. The predicted molar refractivity (Wildman–Crippen MR) is 97.8 cm³/mol. The number of carbonyl (C=O) groups excluding carboxylic acids is 1. The standard InChI is InChI=1S/C21H22FNO4/c22-17-7-11-19(12-8-17)27-18-9-1-14(2-10-18)13-23-20(24)15-3-5-16(6-4-15)21(25)26/h1-2,7-12,15-16H,3-6,13H2,(H,23,24)(H,25,26). The Morgan fingerprint density at radius 2 is 1.44 bits per heavy atom. The average molecular weight is 371 g/mol. The van der Waals surface area contributed by atoms with Crippen molar-refractivity contribution >= 4 is 11.9 Å². The van der Waals surface area contributed by atoms with Gasteiger partial charge in [-0.25, -0.2) is 4.39 Å². The Morgan fingerprint density at radius 3 is 2.00 bits per heavy atom. The normalized spacial score (nSPS) is 19.3. The number of amides is 1. The van der Waals surface area contributed by atoms with E-state index in [1.165, 1.54) is 12.1 Å². The quantitative estimate of drug-likeness (QED) is 0.801. The highest BCUT2D eigenvalue weighted by Crippen LogP contribution is 2.29. The fraction of sp³-hybridized carbons (Fsp3) is 0.333. The summed E-state index contributed by atoms with van der Waals surface area (Å²) in [7, 11) is 0. The van der Waals surface area contributed by atoms with Crippen molar-refractivity contribution < 1.29 is 23.8 Å². The summed E-state index contributed by atoms with van der Waals surface area (Å²) in [6.07, 6.45) is 2.35. The second kappa shape index (κ2) is 8.66. The van der Waals surface area contributed by atoms with Crippen molar-refractivity contribution in [3.05, 3.63) is 59.9 Å². The Hall–Kier alpha value is -2.89. The minimum Gasteiger partial charge on any atom is -0.481 e. The van der Waals surface area contributed by atoms with Crippen LogP contribution in [0, 0.1) is 17.7 Å². The van der Waals surface area contributed by atoms with Gasteiger partial charge in [0.2, 0.25) is 5.91 Å². The van der Waals surface area contributed by atoms with Crippen molar-refractivity contribution in [1.29, 1.82) is 0 Å². The van der Waals surface area contributed by atoms with Crippen LogP contribution in [0.3, 0.4) is 0 Å². The fourth-order valence-electron chi connectivity index (χ4n) is 3.25. The van der Waals surface area contributed by atoms with E-state index in [2.05, 4.69) is 5.32 Å². The zero-order chi connectivity index (χ0) is 19.2. The number of aliphatic carboxylic acids is 1. The molecule has 1 saturated carbocycles. The number of hydrogen-bond donors (Lipinski definition) is 2. The van der Waals surface area contributed by atoms with Crippen molar-refractivity contribution in [2.75, 3.05) is 0 Å². The van der Waals surface area contributed by atoms with Crippen LogP contribution >= 0.6 is 0 Å². The number of carboxylic acids is 1. The van der Waals surface area contributed by atoms with Crippen LogP contribution in [0.2, 0.25) is 0 Å². The molecule has 0 atom stereocenters. The smallest absolute Gasteiger partial charge is 0.306 e. The molecule has 5 nitrogen and oxygen atoms in total. The van der Waals surface area contributed by atoms with E-state index in [1.54, 1.807) is 24.3 Å². The Labute approximate surface area is 157 Å². The zero-order valence-corrected chi connectivity index (χ0v) is 14.9. The molecule has 1 aliphatic carbocycles. The molecular formula is C21H22FNO4. The number of ether oxygens (including phenoxy) is 1. The molecule has 0 radical (unpaired) electrons. The van der Waals surface area contributed by atoms with Gasteiger partial charge in [0.15, 0.2) is 0 Å². The molecule has 1 aliphatic rings. The molecule has 0 aromatic heterocycles. The summed E-state index contributed by atoms with van der Waals surface area (Å²) in [5.41, 5.74) is 0.939. The van der Waals surface area contributed by atoms with Crippen LogP contribution in [-0.2, 0) is 16.1 Å². The highest BCUT2D eigenvalue weighted by atomic mass is 19.1. The third-order valence-electron chi connectivity index (χ3n) is 4.89. The molecule has 1 amide bonds. The van der Waals surface area contributed by atoms with Crippen LogP contribution < -0.4 is 10.1 Å². The van der Waals surface area contributed by atoms with E-state index in [9.17, 15) is 14.0 Å². The van der Waals surface area contributed by atoms with Crippen LogP contribution in [0.1, 0.15) is 31.2 Å². The maximum atomic E-state index is 12.9. The lowest BCUT2D eigenvalue weighted by Crippen LogP contribution is -2.34. The number of nitrogens with one attached hydrogen (secondary N) is 1. The van der Waals surface area contributed by atoms with E-state index >= 15 is 0 Å². The van der Waals surface area contributed by atoms with E-state index in [-0.39, 0.29) is 23.6 Å². The van der Waals surface area contributed by atoms with Gasteiger partial charge in [0, 0.05) is 12.5 Å². The minimum absolute atomic E-state index is 0.0227. The van der Waals surface area contributed by atoms with Crippen molar-refractivity contribution in [3.63, 3.8) is 0 Å². The van der Waals surface area contributed by atoms with Crippen molar-refractivity contribution in [2.24, 2.45) is 11.8 Å². The van der Waals surface area contributed by atoms with Crippen LogP contribution in [0.25, 0.3) is 0 Å². The molecule has 2 aromatic rings. The number of benzene rings is 2. The summed E-state index contributed by atoms with van der Waals surface area (Å²) in [5, 5.41) is 11.9. The van der Waals surface area contributed by atoms with Crippen LogP contribution in [0.5, 0.6) is 11.5 Å². The zero-order valence-electron chi connectivity index (χ0n) is 14.9. The third kappa shape index (κ3) is 5.29. The molecule has 0 spiro atoms. The molecule has 2 N–H and O–H groups in total. The SMILES string of the molecule is O=C(O)C1CCC(C(=O)NCc2ccc(Oc3ccc(F)cc3)cc2)CC1. The molecule has 3 rings (SSSR count). The topological polar surface area (TPSA) is 75.6 Å². The molecule has 0 heterocycles. The van der Waals surface area contributed by atoms with Gasteiger partial charge < -0.3 is 15.2 Å². The Kier molecular flexibility index (Phi) is 6.06. The maximum absolute atomic E-state index is 12.9. The van der Waals surface area contributed by atoms with Crippen LogP contribution in [0.4, 0.5) is 4.39 Å². The summed E-state index contributed by atoms with van der Waals surface area (Å²) >= 11 is 0. The van der Waals surface area contributed by atoms with Gasteiger partial charge in [0.1, 0.15) is 17.3 Å². The minimum atomic E-state index is -0.767. The second-order valence-corrected chi connectivity index (χ2v) is 6.80. The molecule has 2 aromatic carbocycles. The molecular weight excluding hydrogens is 349 g/mol. The molecule has 1 fully saturated rings. The summed E-state index contributed by atoms with van der Waals surface area (Å²) in [4.78, 5) is 23.2. The van der Waals surface area contributed by atoms with Gasteiger partial charge >= 0.3 is 5.97 Å². The number of hydrogen-bond acceptors (Lipinski definition) is 3. The lowest BCUT2D eigenvalue weighted by molar-refractivity contribution is -0.144. The summed E-state index contributed by atoms with van der Waals surface area (Å²) in [6, 6.07) is 13.1. The number of carbonyl (C=O) groups is 2. The average Bonchev–Trinajstić information content (AvgIpc) is 2.69. The fourth-order valence-corrected chi connectivity index (χ4v) is 3.25. The van der Waals surface area contributed by atoms with Gasteiger partial charge in [-0.3, -0.25) is 9.59 Å². The van der Waals surface area contributed by atoms with Gasteiger partial charge in [-0.1, -0.05) is 12.1 Å². The van der Waals surface area contributed by atoms with Gasteiger partial charge in [-0.2, -0.15) is 0 Å². The molecule has 0 bridgehead atoms. The first-order valence-corrected chi connectivity index (χ1v) is 9.04. The second-order valence-electron chi connectivity index (χ2n) is 6.80. The molecule has 142 valence electrons. The Balaban J connectivity index is 1.46. The lowest BCUT2D eigenvalue weighted by atomic mass is 9.81. The molecule has 0 aliphatic heterocycles. The van der Waals surface area contributed by atoms with Crippen LogP contribution in [-0.4, -0.2) is 17.0 Å². The summed E-state index contributed by atoms with van der Waals surface area (Å²) in [6.45, 7) is 0.411. The summed E-state index contributed by atoms with van der Waals surface area (Å²) in [5.74, 6) is -0.352. The first-order chi connectivity index (χ1) is 13.0. The molecule has 6 heteroatoms. The predicted octanol–water partition coefficient (Wildman–Crippen LogP) is 4.13. The van der Waals surface area contributed by atoms with E-state index in [0.29, 0.717) is 43.7 Å². The Bertz CT molecular complexity index is 781. The van der Waals surface area contributed by atoms with Gasteiger partial charge in [-0.15, -0.1) is 0 Å². The monoisotopic (exact) mass is 371 g/mol. The summed E-state index contributed by atoms with van der Waals surface area (Å²) < 4.78 is 18.5. The highest BCUT2D eigenvalue weighted by molar-refractivity contribution is 5.79. The molecule has 0 unspecified atom stereocenters. The van der Waals surface area contributed by atoms with Crippen molar-refractivity contribution in [2.45, 2.75) is 32.2 Å². The van der Waals surface area contributed by atoms with Gasteiger partial charge in [-0.05, 0) is 67.6 Å². The van der Waals surface area contributed by atoms with Crippen LogP contribution in [0.15, 0.2) is 48.5 Å². The number of rotatable bonds is 6. The number of carboxylic acid groups (broad SMARTS) is 1. The molecule has 27 heavy (non-hydrogen) atoms.